The second kappa shape index (κ2) is 4.09. The smallest absolute Gasteiger partial charge is 0.217 e. The van der Waals surface area contributed by atoms with E-state index in [-0.39, 0.29) is 5.91 Å². The van der Waals surface area contributed by atoms with Gasteiger partial charge in [-0.05, 0) is 19.8 Å². The van der Waals surface area contributed by atoms with E-state index in [1.54, 1.807) is 6.92 Å². The van der Waals surface area contributed by atoms with Crippen LogP contribution in [0.3, 0.4) is 0 Å². The zero-order valence-electron chi connectivity index (χ0n) is 9.00. The van der Waals surface area contributed by atoms with Gasteiger partial charge in [-0.1, -0.05) is 6.92 Å². The number of likely N-dealkylation sites (tertiary alicyclic amines) is 1. The number of hydrogen-bond acceptors (Lipinski definition) is 2. The van der Waals surface area contributed by atoms with Crippen molar-refractivity contribution in [2.45, 2.75) is 39.8 Å². The van der Waals surface area contributed by atoms with Gasteiger partial charge in [0.1, 0.15) is 0 Å². The van der Waals surface area contributed by atoms with Crippen LogP contribution in [0.4, 0.5) is 0 Å². The van der Waals surface area contributed by atoms with Gasteiger partial charge in [-0.25, -0.2) is 0 Å². The summed E-state index contributed by atoms with van der Waals surface area (Å²) in [5.74, 6) is 0.661. The molecule has 0 saturated carbocycles. The van der Waals surface area contributed by atoms with Crippen LogP contribution < -0.4 is 5.32 Å². The van der Waals surface area contributed by atoms with Crippen molar-refractivity contribution < 1.29 is 4.79 Å². The molecule has 0 radical (unpaired) electrons. The maximum absolute atomic E-state index is 10.9. The molecule has 0 aromatic heterocycles. The molecule has 1 aliphatic rings. The number of nitrogens with zero attached hydrogens (tertiary/aromatic N) is 1. The number of nitrogens with one attached hydrogen (secondary N) is 1. The second-order valence-electron chi connectivity index (χ2n) is 4.33. The fourth-order valence-corrected chi connectivity index (χ4v) is 1.87. The topological polar surface area (TPSA) is 32.3 Å². The third-order valence-corrected chi connectivity index (χ3v) is 2.76. The molecule has 0 aromatic rings. The lowest BCUT2D eigenvalue weighted by Crippen LogP contribution is -2.39. The minimum absolute atomic E-state index is 0.0856. The molecule has 1 amide bonds. The molecule has 1 fully saturated rings. The Morgan fingerprint density at radius 1 is 1.46 bits per heavy atom. The van der Waals surface area contributed by atoms with Crippen molar-refractivity contribution in [3.05, 3.63) is 0 Å². The normalized spacial score (nSPS) is 29.6. The van der Waals surface area contributed by atoms with Gasteiger partial charge in [-0.2, -0.15) is 0 Å². The lowest BCUT2D eigenvalue weighted by Gasteiger charge is -2.20. The third-order valence-electron chi connectivity index (χ3n) is 2.76. The molecule has 1 rings (SSSR count). The molecule has 0 bridgehead atoms. The van der Waals surface area contributed by atoms with Crippen LogP contribution in [-0.2, 0) is 4.79 Å². The van der Waals surface area contributed by atoms with Crippen LogP contribution in [0.2, 0.25) is 0 Å². The largest absolute Gasteiger partial charge is 0.352 e. The molecule has 3 heteroatoms. The SMILES string of the molecule is CC(=O)N[C@@H]1CN(C(C)C)C[C@H]1C. The zero-order valence-corrected chi connectivity index (χ0v) is 9.00. The van der Waals surface area contributed by atoms with Crippen molar-refractivity contribution >= 4 is 5.91 Å². The fraction of sp³-hybridized carbons (Fsp3) is 0.900. The summed E-state index contributed by atoms with van der Waals surface area (Å²) >= 11 is 0. The van der Waals surface area contributed by atoms with Crippen LogP contribution in [0, 0.1) is 5.92 Å². The van der Waals surface area contributed by atoms with Gasteiger partial charge in [-0.3, -0.25) is 9.69 Å². The molecule has 0 aromatic carbocycles. The summed E-state index contributed by atoms with van der Waals surface area (Å²) in [6.07, 6.45) is 0. The van der Waals surface area contributed by atoms with E-state index in [4.69, 9.17) is 0 Å². The third kappa shape index (κ3) is 2.69. The summed E-state index contributed by atoms with van der Waals surface area (Å²) in [5, 5.41) is 3.00. The van der Waals surface area contributed by atoms with E-state index in [0.29, 0.717) is 18.0 Å². The molecular weight excluding hydrogens is 164 g/mol. The van der Waals surface area contributed by atoms with Gasteiger partial charge in [0.2, 0.25) is 5.91 Å². The molecule has 0 spiro atoms. The number of hydrogen-bond donors (Lipinski definition) is 1. The van der Waals surface area contributed by atoms with Crippen molar-refractivity contribution in [3.8, 4) is 0 Å². The molecule has 2 atom stereocenters. The summed E-state index contributed by atoms with van der Waals surface area (Å²) in [5.41, 5.74) is 0. The first kappa shape index (κ1) is 10.5. The predicted octanol–water partition coefficient (Wildman–Crippen LogP) is 0.851. The second-order valence-corrected chi connectivity index (χ2v) is 4.33. The minimum Gasteiger partial charge on any atom is -0.352 e. The van der Waals surface area contributed by atoms with Gasteiger partial charge in [-0.15, -0.1) is 0 Å². The minimum atomic E-state index is 0.0856. The van der Waals surface area contributed by atoms with E-state index < -0.39 is 0 Å². The van der Waals surface area contributed by atoms with Crippen LogP contribution in [0.5, 0.6) is 0 Å². The summed E-state index contributed by atoms with van der Waals surface area (Å²) < 4.78 is 0. The Labute approximate surface area is 80.5 Å². The first-order chi connectivity index (χ1) is 6.00. The average molecular weight is 184 g/mol. The summed E-state index contributed by atoms with van der Waals surface area (Å²) in [6, 6.07) is 0.932. The Morgan fingerprint density at radius 3 is 2.46 bits per heavy atom. The molecule has 1 N–H and O–H groups in total. The van der Waals surface area contributed by atoms with Gasteiger partial charge >= 0.3 is 0 Å². The van der Waals surface area contributed by atoms with Crippen molar-refractivity contribution in [1.82, 2.24) is 10.2 Å². The lowest BCUT2D eigenvalue weighted by atomic mass is 10.1. The van der Waals surface area contributed by atoms with E-state index in [1.165, 1.54) is 0 Å². The maximum Gasteiger partial charge on any atom is 0.217 e. The highest BCUT2D eigenvalue weighted by molar-refractivity contribution is 5.73. The summed E-state index contributed by atoms with van der Waals surface area (Å²) in [7, 11) is 0. The van der Waals surface area contributed by atoms with Crippen molar-refractivity contribution in [2.75, 3.05) is 13.1 Å². The zero-order chi connectivity index (χ0) is 10.0. The first-order valence-corrected chi connectivity index (χ1v) is 5.02. The highest BCUT2D eigenvalue weighted by Gasteiger charge is 2.30. The number of carbonyl (C=O) groups excluding carboxylic acids is 1. The highest BCUT2D eigenvalue weighted by Crippen LogP contribution is 2.18. The van der Waals surface area contributed by atoms with Gasteiger partial charge < -0.3 is 5.32 Å². The van der Waals surface area contributed by atoms with E-state index in [9.17, 15) is 4.79 Å². The molecule has 3 nitrogen and oxygen atoms in total. The van der Waals surface area contributed by atoms with Gasteiger partial charge in [0, 0.05) is 32.1 Å². The lowest BCUT2D eigenvalue weighted by molar-refractivity contribution is -0.119. The monoisotopic (exact) mass is 184 g/mol. The fourth-order valence-electron chi connectivity index (χ4n) is 1.87. The Hall–Kier alpha value is -0.570. The molecule has 1 saturated heterocycles. The molecule has 0 aliphatic carbocycles. The van der Waals surface area contributed by atoms with Crippen molar-refractivity contribution in [3.63, 3.8) is 0 Å². The molecule has 13 heavy (non-hydrogen) atoms. The first-order valence-electron chi connectivity index (χ1n) is 5.02. The molecule has 1 heterocycles. The Kier molecular flexibility index (Phi) is 3.31. The maximum atomic E-state index is 10.9. The van der Waals surface area contributed by atoms with E-state index in [1.807, 2.05) is 0 Å². The van der Waals surface area contributed by atoms with Gasteiger partial charge in [0.15, 0.2) is 0 Å². The van der Waals surface area contributed by atoms with Gasteiger partial charge in [0.05, 0.1) is 0 Å². The highest BCUT2D eigenvalue weighted by atomic mass is 16.1. The van der Waals surface area contributed by atoms with Crippen molar-refractivity contribution in [1.29, 1.82) is 0 Å². The van der Waals surface area contributed by atoms with Crippen LogP contribution in [0.25, 0.3) is 0 Å². The van der Waals surface area contributed by atoms with Crippen LogP contribution >= 0.6 is 0 Å². The Bertz CT molecular complexity index is 191. The predicted molar refractivity (Wildman–Crippen MR) is 53.5 cm³/mol. The average Bonchev–Trinajstić information content (AvgIpc) is 2.31. The quantitative estimate of drug-likeness (QED) is 0.690. The summed E-state index contributed by atoms with van der Waals surface area (Å²) in [6.45, 7) is 10.3. The molecule has 1 aliphatic heterocycles. The number of amides is 1. The Balaban J connectivity index is 2.46. The molecular formula is C10H20N2O. The standard InChI is InChI=1S/C10H20N2O/c1-7(2)12-5-8(3)10(6-12)11-9(4)13/h7-8,10H,5-6H2,1-4H3,(H,11,13)/t8-,10-/m1/s1. The van der Waals surface area contributed by atoms with E-state index in [2.05, 4.69) is 31.0 Å². The Morgan fingerprint density at radius 2 is 2.08 bits per heavy atom. The van der Waals surface area contributed by atoms with Crippen molar-refractivity contribution in [2.24, 2.45) is 5.92 Å². The van der Waals surface area contributed by atoms with Gasteiger partial charge in [0.25, 0.3) is 0 Å². The van der Waals surface area contributed by atoms with Crippen LogP contribution in [-0.4, -0.2) is 36.0 Å². The van der Waals surface area contributed by atoms with E-state index in [0.717, 1.165) is 13.1 Å². The number of rotatable bonds is 2. The van der Waals surface area contributed by atoms with Crippen LogP contribution in [0.1, 0.15) is 27.7 Å². The van der Waals surface area contributed by atoms with Crippen LogP contribution in [0.15, 0.2) is 0 Å². The summed E-state index contributed by atoms with van der Waals surface area (Å²) in [4.78, 5) is 13.3. The molecule has 76 valence electrons. The van der Waals surface area contributed by atoms with E-state index >= 15 is 0 Å². The molecule has 0 unspecified atom stereocenters. The number of carbonyl (C=O) groups is 1.